The van der Waals surface area contributed by atoms with Crippen LogP contribution in [0.3, 0.4) is 0 Å². The van der Waals surface area contributed by atoms with Gasteiger partial charge in [0.25, 0.3) is 0 Å². The molecule has 148 valence electrons. The van der Waals surface area contributed by atoms with Gasteiger partial charge in [0.15, 0.2) is 0 Å². The second-order valence-corrected chi connectivity index (χ2v) is 8.21. The van der Waals surface area contributed by atoms with Gasteiger partial charge in [-0.1, -0.05) is 29.8 Å². The van der Waals surface area contributed by atoms with Crippen molar-refractivity contribution in [3.05, 3.63) is 34.9 Å². The number of carbonyl (C=O) groups is 2. The topological polar surface area (TPSA) is 72.9 Å². The van der Waals surface area contributed by atoms with E-state index in [1.165, 1.54) is 0 Å². The second-order valence-electron chi connectivity index (χ2n) is 7.80. The first-order valence-electron chi connectivity index (χ1n) is 9.61. The quantitative estimate of drug-likeness (QED) is 0.779. The summed E-state index contributed by atoms with van der Waals surface area (Å²) in [6.45, 7) is 2.01. The van der Waals surface area contributed by atoms with Gasteiger partial charge in [0.2, 0.25) is 0 Å². The Morgan fingerprint density at radius 1 is 1.30 bits per heavy atom. The van der Waals surface area contributed by atoms with E-state index >= 15 is 0 Å². The molecule has 27 heavy (non-hydrogen) atoms. The molecular formula is C20H28ClN3O3. The van der Waals surface area contributed by atoms with Crippen molar-refractivity contribution < 1.29 is 14.7 Å². The summed E-state index contributed by atoms with van der Waals surface area (Å²) in [7, 11) is 1.84. The monoisotopic (exact) mass is 393 g/mol. The van der Waals surface area contributed by atoms with Crippen LogP contribution in [0.4, 0.5) is 4.79 Å². The molecule has 2 aliphatic rings. The molecular weight excluding hydrogens is 366 g/mol. The van der Waals surface area contributed by atoms with Crippen molar-refractivity contribution in [2.75, 3.05) is 33.2 Å². The van der Waals surface area contributed by atoms with Crippen LogP contribution in [-0.4, -0.2) is 66.2 Å². The number of likely N-dealkylation sites (tertiary alicyclic amines) is 1. The van der Waals surface area contributed by atoms with Crippen LogP contribution in [0, 0.1) is 0 Å². The fraction of sp³-hybridized carbons (Fsp3) is 0.600. The number of benzene rings is 1. The lowest BCUT2D eigenvalue weighted by Gasteiger charge is -2.26. The standard InChI is InChI=1S/C20H28ClN3O3/c1-23(13-18(25)26)15-5-4-11-24(12-8-15)19(27)22-14-20(9-10-20)16-6-2-3-7-17(16)21/h2-3,6-7,15H,4-5,8-14H2,1H3,(H,22,27)(H,25,26). The van der Waals surface area contributed by atoms with Crippen molar-refractivity contribution in [1.82, 2.24) is 15.1 Å². The molecule has 2 N–H and O–H groups in total. The number of nitrogens with zero attached hydrogens (tertiary/aromatic N) is 2. The molecule has 1 saturated heterocycles. The number of carboxylic acid groups (broad SMARTS) is 1. The van der Waals surface area contributed by atoms with E-state index in [-0.39, 0.29) is 24.0 Å². The van der Waals surface area contributed by atoms with Gasteiger partial charge >= 0.3 is 12.0 Å². The van der Waals surface area contributed by atoms with Crippen molar-refractivity contribution in [2.24, 2.45) is 0 Å². The third-order valence-electron chi connectivity index (χ3n) is 5.87. The molecule has 1 aliphatic heterocycles. The van der Waals surface area contributed by atoms with E-state index in [4.69, 9.17) is 16.7 Å². The Labute approximate surface area is 165 Å². The maximum Gasteiger partial charge on any atom is 0.317 e. The van der Waals surface area contributed by atoms with E-state index < -0.39 is 5.97 Å². The largest absolute Gasteiger partial charge is 0.480 e. The summed E-state index contributed by atoms with van der Waals surface area (Å²) < 4.78 is 0. The number of carbonyl (C=O) groups excluding carboxylic acids is 1. The maximum absolute atomic E-state index is 12.7. The molecule has 1 aliphatic carbocycles. The minimum Gasteiger partial charge on any atom is -0.480 e. The zero-order chi connectivity index (χ0) is 19.4. The van der Waals surface area contributed by atoms with Crippen LogP contribution in [0.15, 0.2) is 24.3 Å². The first-order valence-corrected chi connectivity index (χ1v) is 9.99. The van der Waals surface area contributed by atoms with Crippen molar-refractivity contribution in [2.45, 2.75) is 43.6 Å². The van der Waals surface area contributed by atoms with Gasteiger partial charge in [0.05, 0.1) is 6.54 Å². The molecule has 1 atom stereocenters. The van der Waals surface area contributed by atoms with Gasteiger partial charge in [-0.2, -0.15) is 0 Å². The minimum atomic E-state index is -0.814. The molecule has 7 heteroatoms. The number of urea groups is 1. The third kappa shape index (κ3) is 4.93. The summed E-state index contributed by atoms with van der Waals surface area (Å²) in [5.74, 6) is -0.814. The third-order valence-corrected chi connectivity index (χ3v) is 6.20. The van der Waals surface area contributed by atoms with Crippen LogP contribution in [0.5, 0.6) is 0 Å². The predicted octanol–water partition coefficient (Wildman–Crippen LogP) is 2.95. The Morgan fingerprint density at radius 3 is 2.70 bits per heavy atom. The molecule has 0 aromatic heterocycles. The summed E-state index contributed by atoms with van der Waals surface area (Å²) in [5.41, 5.74) is 1.10. The SMILES string of the molecule is CN(CC(=O)O)C1CCCN(C(=O)NCC2(c3ccccc3Cl)CC2)CC1. The first-order chi connectivity index (χ1) is 12.9. The highest BCUT2D eigenvalue weighted by Gasteiger charge is 2.45. The van der Waals surface area contributed by atoms with Crippen molar-refractivity contribution in [3.8, 4) is 0 Å². The van der Waals surface area contributed by atoms with Gasteiger partial charge in [-0.3, -0.25) is 9.69 Å². The van der Waals surface area contributed by atoms with E-state index in [9.17, 15) is 9.59 Å². The fourth-order valence-electron chi connectivity index (χ4n) is 4.01. The minimum absolute atomic E-state index is 0.0237. The number of carboxylic acids is 1. The number of amides is 2. The summed E-state index contributed by atoms with van der Waals surface area (Å²) in [6, 6.07) is 8.05. The van der Waals surface area contributed by atoms with Gasteiger partial charge in [0, 0.05) is 36.1 Å². The first kappa shape index (κ1) is 20.0. The Hall–Kier alpha value is -1.79. The maximum atomic E-state index is 12.7. The zero-order valence-corrected chi connectivity index (χ0v) is 16.5. The lowest BCUT2D eigenvalue weighted by atomic mass is 9.96. The Kier molecular flexibility index (Phi) is 6.27. The van der Waals surface area contributed by atoms with E-state index in [1.807, 2.05) is 35.0 Å². The van der Waals surface area contributed by atoms with Gasteiger partial charge in [-0.15, -0.1) is 0 Å². The van der Waals surface area contributed by atoms with Crippen LogP contribution in [0.1, 0.15) is 37.7 Å². The lowest BCUT2D eigenvalue weighted by molar-refractivity contribution is -0.138. The van der Waals surface area contributed by atoms with Crippen LogP contribution < -0.4 is 5.32 Å². The molecule has 1 aromatic rings. The van der Waals surface area contributed by atoms with Crippen molar-refractivity contribution in [1.29, 1.82) is 0 Å². The summed E-state index contributed by atoms with van der Waals surface area (Å²) in [4.78, 5) is 27.3. The number of halogens is 1. The Morgan fingerprint density at radius 2 is 2.04 bits per heavy atom. The number of hydrogen-bond donors (Lipinski definition) is 2. The number of hydrogen-bond acceptors (Lipinski definition) is 3. The number of nitrogens with one attached hydrogen (secondary N) is 1. The summed E-state index contributed by atoms with van der Waals surface area (Å²) in [5, 5.41) is 12.8. The normalized spacial score (nSPS) is 21.6. The van der Waals surface area contributed by atoms with E-state index in [1.54, 1.807) is 0 Å². The second kappa shape index (κ2) is 8.48. The summed E-state index contributed by atoms with van der Waals surface area (Å²) in [6.07, 6.45) is 4.68. The van der Waals surface area contributed by atoms with E-state index in [0.29, 0.717) is 19.6 Å². The van der Waals surface area contributed by atoms with E-state index in [0.717, 1.165) is 42.7 Å². The van der Waals surface area contributed by atoms with Gasteiger partial charge in [-0.25, -0.2) is 4.79 Å². The van der Waals surface area contributed by atoms with Gasteiger partial charge < -0.3 is 15.3 Å². The molecule has 2 amide bonds. The van der Waals surface area contributed by atoms with Gasteiger partial charge in [0.1, 0.15) is 0 Å². The summed E-state index contributed by atoms with van der Waals surface area (Å²) >= 11 is 6.35. The van der Waals surface area contributed by atoms with Crippen molar-refractivity contribution >= 4 is 23.6 Å². The number of likely N-dealkylation sites (N-methyl/N-ethyl adjacent to an activating group) is 1. The van der Waals surface area contributed by atoms with Crippen LogP contribution in [-0.2, 0) is 10.2 Å². The van der Waals surface area contributed by atoms with Gasteiger partial charge in [-0.05, 0) is 50.8 Å². The van der Waals surface area contributed by atoms with Crippen LogP contribution in [0.25, 0.3) is 0 Å². The molecule has 2 fully saturated rings. The number of aliphatic carboxylic acids is 1. The van der Waals surface area contributed by atoms with Crippen LogP contribution >= 0.6 is 11.6 Å². The average Bonchev–Trinajstić information content (AvgIpc) is 3.43. The van der Waals surface area contributed by atoms with Crippen molar-refractivity contribution in [3.63, 3.8) is 0 Å². The molecule has 0 spiro atoms. The molecule has 1 heterocycles. The van der Waals surface area contributed by atoms with E-state index in [2.05, 4.69) is 11.4 Å². The lowest BCUT2D eigenvalue weighted by Crippen LogP contribution is -2.44. The smallest absolute Gasteiger partial charge is 0.317 e. The fourth-order valence-corrected chi connectivity index (χ4v) is 4.34. The average molecular weight is 394 g/mol. The Balaban J connectivity index is 1.52. The predicted molar refractivity (Wildman–Crippen MR) is 105 cm³/mol. The van der Waals surface area contributed by atoms with Crippen LogP contribution in [0.2, 0.25) is 5.02 Å². The molecule has 1 saturated carbocycles. The zero-order valence-electron chi connectivity index (χ0n) is 15.8. The molecule has 1 unspecified atom stereocenters. The highest BCUT2D eigenvalue weighted by Crippen LogP contribution is 2.49. The highest BCUT2D eigenvalue weighted by molar-refractivity contribution is 6.31. The molecule has 3 rings (SSSR count). The number of rotatable bonds is 6. The highest BCUT2D eigenvalue weighted by atomic mass is 35.5. The molecule has 0 radical (unpaired) electrons. The molecule has 1 aromatic carbocycles. The molecule has 6 nitrogen and oxygen atoms in total. The molecule has 0 bridgehead atoms. The Bertz CT molecular complexity index is 693.